The molecule has 1 atom stereocenters. The third-order valence-corrected chi connectivity index (χ3v) is 4.61. The van der Waals surface area contributed by atoms with Gasteiger partial charge in [0.25, 0.3) is 0 Å². The molecule has 2 heterocycles. The largest absolute Gasteiger partial charge is 0.490 e. The minimum atomic E-state index is -5.08. The average molecular weight is 403 g/mol. The number of halogens is 3. The Morgan fingerprint density at radius 2 is 1.66 bits per heavy atom. The lowest BCUT2D eigenvalue weighted by molar-refractivity contribution is -0.192. The summed E-state index contributed by atoms with van der Waals surface area (Å²) in [7, 11) is 0. The van der Waals surface area contributed by atoms with Crippen molar-refractivity contribution in [2.75, 3.05) is 13.1 Å². The van der Waals surface area contributed by atoms with E-state index in [2.05, 4.69) is 70.1 Å². The number of nitrogens with one attached hydrogen (secondary N) is 2. The number of H-pyrrole nitrogens is 1. The predicted octanol–water partition coefficient (Wildman–Crippen LogP) is 4.45. The smallest absolute Gasteiger partial charge is 0.475 e. The topological polar surface area (TPSA) is 78.0 Å². The number of hydrogen-bond acceptors (Lipinski definition) is 3. The summed E-state index contributed by atoms with van der Waals surface area (Å²) in [6.45, 7) is 2.15. The fourth-order valence-electron chi connectivity index (χ4n) is 3.10. The van der Waals surface area contributed by atoms with Crippen LogP contribution in [0.2, 0.25) is 0 Å². The van der Waals surface area contributed by atoms with Crippen LogP contribution in [0.5, 0.6) is 0 Å². The van der Waals surface area contributed by atoms with Gasteiger partial charge in [0.1, 0.15) is 0 Å². The molecule has 3 N–H and O–H groups in total. The van der Waals surface area contributed by atoms with Gasteiger partial charge in [-0.25, -0.2) is 4.79 Å². The van der Waals surface area contributed by atoms with Crippen molar-refractivity contribution in [1.82, 2.24) is 15.5 Å². The first-order valence-electron chi connectivity index (χ1n) is 9.06. The molecular weight excluding hydrogens is 383 g/mol. The maximum absolute atomic E-state index is 10.6. The van der Waals surface area contributed by atoms with E-state index in [-0.39, 0.29) is 0 Å². The van der Waals surface area contributed by atoms with E-state index in [1.807, 2.05) is 6.07 Å². The molecule has 5 nitrogen and oxygen atoms in total. The standard InChI is InChI=1S/C19H19N3.C2HF3O2/c1-2-5-14(6-3-1)15-7-4-8-16(11-15)18-12-19(22-21-18)17-9-10-20-13-17;3-2(4,5)1(6)7/h1-8,11-12,17,20H,9-10,13H2,(H,21,22);(H,6,7). The SMILES string of the molecule is O=C(O)C(F)(F)F.c1ccc(-c2cccc(-c3cc(C4CCNC4)[nH]n3)c2)cc1. The van der Waals surface area contributed by atoms with Gasteiger partial charge in [-0.2, -0.15) is 18.3 Å². The lowest BCUT2D eigenvalue weighted by Gasteiger charge is -2.04. The van der Waals surface area contributed by atoms with Gasteiger partial charge in [0.05, 0.1) is 5.69 Å². The summed E-state index contributed by atoms with van der Waals surface area (Å²) in [6.07, 6.45) is -3.90. The van der Waals surface area contributed by atoms with Crippen LogP contribution < -0.4 is 5.32 Å². The molecular formula is C21H20F3N3O2. The monoisotopic (exact) mass is 403 g/mol. The molecule has 1 aliphatic heterocycles. The summed E-state index contributed by atoms with van der Waals surface area (Å²) in [5.41, 5.74) is 5.89. The predicted molar refractivity (Wildman–Crippen MR) is 103 cm³/mol. The Balaban J connectivity index is 0.000000298. The van der Waals surface area contributed by atoms with E-state index in [0.717, 1.165) is 24.3 Å². The first-order chi connectivity index (χ1) is 13.8. The number of nitrogens with zero attached hydrogens (tertiary/aromatic N) is 1. The molecule has 0 saturated carbocycles. The Morgan fingerprint density at radius 1 is 1.00 bits per heavy atom. The number of rotatable bonds is 3. The molecule has 4 rings (SSSR count). The second-order valence-electron chi connectivity index (χ2n) is 6.65. The first-order valence-corrected chi connectivity index (χ1v) is 9.06. The average Bonchev–Trinajstić information content (AvgIpc) is 3.40. The van der Waals surface area contributed by atoms with Crippen LogP contribution in [0.4, 0.5) is 13.2 Å². The number of hydrogen-bond donors (Lipinski definition) is 3. The Bertz CT molecular complexity index is 949. The number of benzene rings is 2. The Kier molecular flexibility index (Phi) is 6.33. The number of aromatic amines is 1. The van der Waals surface area contributed by atoms with Crippen molar-refractivity contribution in [3.8, 4) is 22.4 Å². The van der Waals surface area contributed by atoms with Crippen LogP contribution in [-0.4, -0.2) is 40.5 Å². The molecule has 3 aromatic rings. The van der Waals surface area contributed by atoms with Crippen molar-refractivity contribution in [2.24, 2.45) is 0 Å². The van der Waals surface area contributed by atoms with Crippen LogP contribution in [0.1, 0.15) is 18.0 Å². The zero-order valence-corrected chi connectivity index (χ0v) is 15.4. The molecule has 0 aliphatic carbocycles. The third-order valence-electron chi connectivity index (χ3n) is 4.61. The van der Waals surface area contributed by atoms with Crippen LogP contribution in [0.3, 0.4) is 0 Å². The van der Waals surface area contributed by atoms with Gasteiger partial charge in [-0.3, -0.25) is 5.10 Å². The van der Waals surface area contributed by atoms with Gasteiger partial charge < -0.3 is 10.4 Å². The Labute approximate surface area is 165 Å². The quantitative estimate of drug-likeness (QED) is 0.604. The number of carbonyl (C=O) groups is 1. The van der Waals surface area contributed by atoms with E-state index < -0.39 is 12.1 Å². The lowest BCUT2D eigenvalue weighted by Crippen LogP contribution is -2.21. The van der Waals surface area contributed by atoms with Gasteiger partial charge in [-0.05, 0) is 36.2 Å². The minimum absolute atomic E-state index is 0.568. The van der Waals surface area contributed by atoms with Crippen LogP contribution in [-0.2, 0) is 4.79 Å². The number of aromatic nitrogens is 2. The van der Waals surface area contributed by atoms with E-state index in [1.54, 1.807) is 0 Å². The summed E-state index contributed by atoms with van der Waals surface area (Å²) in [4.78, 5) is 8.90. The van der Waals surface area contributed by atoms with Crippen molar-refractivity contribution in [3.05, 3.63) is 66.4 Å². The van der Waals surface area contributed by atoms with Crippen molar-refractivity contribution in [3.63, 3.8) is 0 Å². The van der Waals surface area contributed by atoms with Crippen molar-refractivity contribution < 1.29 is 23.1 Å². The maximum atomic E-state index is 10.6. The molecule has 1 saturated heterocycles. The van der Waals surface area contributed by atoms with Gasteiger partial charge in [0, 0.05) is 23.7 Å². The van der Waals surface area contributed by atoms with Gasteiger partial charge in [0.2, 0.25) is 0 Å². The van der Waals surface area contributed by atoms with Gasteiger partial charge in [-0.15, -0.1) is 0 Å². The summed E-state index contributed by atoms with van der Waals surface area (Å²) in [6, 6.07) is 21.2. The number of carboxylic acid groups (broad SMARTS) is 1. The van der Waals surface area contributed by atoms with E-state index in [4.69, 9.17) is 9.90 Å². The molecule has 1 aromatic heterocycles. The van der Waals surface area contributed by atoms with E-state index in [0.29, 0.717) is 5.92 Å². The highest BCUT2D eigenvalue weighted by Gasteiger charge is 2.38. The molecule has 1 unspecified atom stereocenters. The summed E-state index contributed by atoms with van der Waals surface area (Å²) in [5, 5.41) is 18.3. The zero-order valence-electron chi connectivity index (χ0n) is 15.4. The number of aliphatic carboxylic acids is 1. The zero-order chi connectivity index (χ0) is 20.9. The van der Waals surface area contributed by atoms with E-state index in [9.17, 15) is 13.2 Å². The van der Waals surface area contributed by atoms with Crippen LogP contribution in [0, 0.1) is 0 Å². The van der Waals surface area contributed by atoms with Crippen LogP contribution >= 0.6 is 0 Å². The highest BCUT2D eigenvalue weighted by Crippen LogP contribution is 2.28. The van der Waals surface area contributed by atoms with Gasteiger partial charge >= 0.3 is 12.1 Å². The lowest BCUT2D eigenvalue weighted by atomic mass is 10.0. The van der Waals surface area contributed by atoms with Crippen LogP contribution in [0.15, 0.2) is 60.7 Å². The van der Waals surface area contributed by atoms with E-state index in [1.165, 1.54) is 23.2 Å². The Morgan fingerprint density at radius 3 is 2.28 bits per heavy atom. The summed E-state index contributed by atoms with van der Waals surface area (Å²) < 4.78 is 31.7. The van der Waals surface area contributed by atoms with Gasteiger partial charge in [-0.1, -0.05) is 48.5 Å². The first kappa shape index (κ1) is 20.6. The molecule has 0 radical (unpaired) electrons. The normalized spacial score (nSPS) is 16.2. The highest BCUT2D eigenvalue weighted by atomic mass is 19.4. The third kappa shape index (κ3) is 5.45. The number of alkyl halides is 3. The van der Waals surface area contributed by atoms with Crippen molar-refractivity contribution >= 4 is 5.97 Å². The molecule has 2 aromatic carbocycles. The Hall–Kier alpha value is -3.13. The second kappa shape index (κ2) is 8.91. The summed E-state index contributed by atoms with van der Waals surface area (Å²) >= 11 is 0. The van der Waals surface area contributed by atoms with Crippen LogP contribution in [0.25, 0.3) is 22.4 Å². The molecule has 0 amide bonds. The maximum Gasteiger partial charge on any atom is 0.490 e. The fraction of sp³-hybridized carbons (Fsp3) is 0.238. The molecule has 152 valence electrons. The molecule has 1 fully saturated rings. The molecule has 0 bridgehead atoms. The van der Waals surface area contributed by atoms with Gasteiger partial charge in [0.15, 0.2) is 0 Å². The number of carboxylic acids is 1. The molecule has 29 heavy (non-hydrogen) atoms. The molecule has 8 heteroatoms. The minimum Gasteiger partial charge on any atom is -0.475 e. The van der Waals surface area contributed by atoms with Crippen molar-refractivity contribution in [2.45, 2.75) is 18.5 Å². The highest BCUT2D eigenvalue weighted by molar-refractivity contribution is 5.73. The fourth-order valence-corrected chi connectivity index (χ4v) is 3.10. The second-order valence-corrected chi connectivity index (χ2v) is 6.65. The van der Waals surface area contributed by atoms with Crippen molar-refractivity contribution in [1.29, 1.82) is 0 Å². The summed E-state index contributed by atoms with van der Waals surface area (Å²) in [5.74, 6) is -2.19. The van der Waals surface area contributed by atoms with E-state index >= 15 is 0 Å². The molecule has 0 spiro atoms. The molecule has 1 aliphatic rings.